The number of nitrogens with one attached hydrogen (secondary N) is 1. The highest BCUT2D eigenvalue weighted by atomic mass is 32.2. The Morgan fingerprint density at radius 1 is 1.29 bits per heavy atom. The smallest absolute Gasteiger partial charge is 0.267 e. The van der Waals surface area contributed by atoms with Crippen LogP contribution in [0.4, 0.5) is 10.8 Å². The molecule has 1 aromatic carbocycles. The highest BCUT2D eigenvalue weighted by Crippen LogP contribution is 2.31. The van der Waals surface area contributed by atoms with Gasteiger partial charge < -0.3 is 5.32 Å². The van der Waals surface area contributed by atoms with Gasteiger partial charge in [0.1, 0.15) is 16.2 Å². The summed E-state index contributed by atoms with van der Waals surface area (Å²) in [5.74, 6) is 0. The third-order valence-corrected chi connectivity index (χ3v) is 5.47. The molecule has 0 saturated carbocycles. The summed E-state index contributed by atoms with van der Waals surface area (Å²) >= 11 is 1.33. The molecule has 1 N–H and O–H groups in total. The molecule has 1 aliphatic rings. The molecule has 0 radical (unpaired) electrons. The standard InChI is InChI=1S/C12H13N5O2S2/c1-2-13-12-16-15-11(20-12)7-17-8-14-9-5-3-4-6-10(9)21(17,18)19/h3-6,8H,2,7H2,1H3,(H,13,16). The Morgan fingerprint density at radius 3 is 2.90 bits per heavy atom. The number of aromatic nitrogens is 2. The average molecular weight is 323 g/mol. The van der Waals surface area contributed by atoms with E-state index in [4.69, 9.17) is 0 Å². The van der Waals surface area contributed by atoms with Crippen molar-refractivity contribution in [1.82, 2.24) is 14.5 Å². The summed E-state index contributed by atoms with van der Waals surface area (Å²) in [7, 11) is -3.58. The highest BCUT2D eigenvalue weighted by Gasteiger charge is 2.29. The fraction of sp³-hybridized carbons (Fsp3) is 0.250. The average Bonchev–Trinajstić information content (AvgIpc) is 2.90. The summed E-state index contributed by atoms with van der Waals surface area (Å²) in [6.07, 6.45) is 1.33. The Bertz CT molecular complexity index is 784. The van der Waals surface area contributed by atoms with Crippen molar-refractivity contribution >= 4 is 38.5 Å². The summed E-state index contributed by atoms with van der Waals surface area (Å²) in [6.45, 7) is 2.83. The molecule has 3 rings (SSSR count). The van der Waals surface area contributed by atoms with E-state index in [-0.39, 0.29) is 11.4 Å². The molecule has 110 valence electrons. The second-order valence-corrected chi connectivity index (χ2v) is 7.21. The van der Waals surface area contributed by atoms with Gasteiger partial charge in [0.05, 0.1) is 12.2 Å². The number of anilines is 1. The van der Waals surface area contributed by atoms with E-state index in [0.29, 0.717) is 15.8 Å². The predicted octanol–water partition coefficient (Wildman–Crippen LogP) is 1.83. The lowest BCUT2D eigenvalue weighted by molar-refractivity contribution is 0.520. The first-order valence-corrected chi connectivity index (χ1v) is 8.58. The van der Waals surface area contributed by atoms with Crippen LogP contribution in [0.1, 0.15) is 11.9 Å². The number of nitrogens with zero attached hydrogens (tertiary/aromatic N) is 4. The van der Waals surface area contributed by atoms with Gasteiger partial charge in [-0.25, -0.2) is 17.7 Å². The summed E-state index contributed by atoms with van der Waals surface area (Å²) in [4.78, 5) is 4.38. The number of hydrogen-bond acceptors (Lipinski definition) is 7. The third kappa shape index (κ3) is 2.61. The lowest BCUT2D eigenvalue weighted by Gasteiger charge is -2.22. The Kier molecular flexibility index (Phi) is 3.60. The number of fused-ring (bicyclic) bond motifs is 1. The largest absolute Gasteiger partial charge is 0.360 e. The van der Waals surface area contributed by atoms with E-state index in [9.17, 15) is 8.42 Å². The van der Waals surface area contributed by atoms with Crippen LogP contribution in [0, 0.1) is 0 Å². The van der Waals surface area contributed by atoms with Crippen molar-refractivity contribution in [3.8, 4) is 0 Å². The normalized spacial score (nSPS) is 15.8. The minimum atomic E-state index is -3.58. The molecule has 1 aromatic heterocycles. The number of para-hydroxylation sites is 1. The zero-order chi connectivity index (χ0) is 14.9. The Hall–Kier alpha value is -2.00. The molecular formula is C12H13N5O2S2. The molecule has 9 heteroatoms. The molecule has 0 atom stereocenters. The minimum absolute atomic E-state index is 0.128. The fourth-order valence-corrected chi connectivity index (χ4v) is 4.14. The quantitative estimate of drug-likeness (QED) is 0.927. The van der Waals surface area contributed by atoms with E-state index in [2.05, 4.69) is 20.5 Å². The van der Waals surface area contributed by atoms with Gasteiger partial charge in [0.15, 0.2) is 0 Å². The maximum Gasteiger partial charge on any atom is 0.267 e. The van der Waals surface area contributed by atoms with Gasteiger partial charge in [0.25, 0.3) is 10.0 Å². The van der Waals surface area contributed by atoms with Crippen LogP contribution in [0.15, 0.2) is 34.2 Å². The van der Waals surface area contributed by atoms with Crippen molar-refractivity contribution in [3.05, 3.63) is 29.3 Å². The number of aliphatic imine (C=N–C) groups is 1. The van der Waals surface area contributed by atoms with Crippen LogP contribution < -0.4 is 5.32 Å². The number of hydrogen-bond donors (Lipinski definition) is 1. The number of rotatable bonds is 4. The van der Waals surface area contributed by atoms with Crippen molar-refractivity contribution in [3.63, 3.8) is 0 Å². The fourth-order valence-electron chi connectivity index (χ4n) is 1.90. The molecule has 2 heterocycles. The maximum atomic E-state index is 12.5. The van der Waals surface area contributed by atoms with Gasteiger partial charge in [-0.05, 0) is 19.1 Å². The summed E-state index contributed by atoms with van der Waals surface area (Å²) in [5, 5.41) is 12.3. The summed E-state index contributed by atoms with van der Waals surface area (Å²) in [6, 6.07) is 6.67. The van der Waals surface area contributed by atoms with E-state index in [0.717, 1.165) is 6.54 Å². The van der Waals surface area contributed by atoms with E-state index >= 15 is 0 Å². The lowest BCUT2D eigenvalue weighted by atomic mass is 10.3. The second kappa shape index (κ2) is 5.41. The third-order valence-electron chi connectivity index (χ3n) is 2.86. The molecule has 0 saturated heterocycles. The zero-order valence-corrected chi connectivity index (χ0v) is 12.9. The van der Waals surface area contributed by atoms with E-state index < -0.39 is 10.0 Å². The lowest BCUT2D eigenvalue weighted by Crippen LogP contribution is -2.31. The molecule has 0 fully saturated rings. The second-order valence-electron chi connectivity index (χ2n) is 4.29. The van der Waals surface area contributed by atoms with Crippen LogP contribution in [0.25, 0.3) is 0 Å². The Labute approximate surface area is 126 Å². The molecule has 0 bridgehead atoms. The molecule has 0 unspecified atom stereocenters. The van der Waals surface area contributed by atoms with Crippen LogP contribution >= 0.6 is 11.3 Å². The van der Waals surface area contributed by atoms with Crippen LogP contribution in [-0.2, 0) is 16.6 Å². The van der Waals surface area contributed by atoms with Gasteiger partial charge in [-0.15, -0.1) is 10.2 Å². The van der Waals surface area contributed by atoms with Gasteiger partial charge in [0.2, 0.25) is 5.13 Å². The number of benzene rings is 1. The first-order chi connectivity index (χ1) is 10.1. The molecule has 7 nitrogen and oxygen atoms in total. The summed E-state index contributed by atoms with van der Waals surface area (Å²) < 4.78 is 26.2. The van der Waals surface area contributed by atoms with Crippen molar-refractivity contribution in [2.24, 2.45) is 4.99 Å². The first-order valence-electron chi connectivity index (χ1n) is 6.32. The molecular weight excluding hydrogens is 310 g/mol. The van der Waals surface area contributed by atoms with Crippen molar-refractivity contribution in [2.45, 2.75) is 18.4 Å². The monoisotopic (exact) mass is 323 g/mol. The van der Waals surface area contributed by atoms with E-state index in [1.54, 1.807) is 24.3 Å². The van der Waals surface area contributed by atoms with Crippen LogP contribution in [-0.4, -0.2) is 35.8 Å². The van der Waals surface area contributed by atoms with Gasteiger partial charge in [-0.3, -0.25) is 0 Å². The SMILES string of the molecule is CCNc1nnc(CN2C=Nc3ccccc3S2(=O)=O)s1. The van der Waals surface area contributed by atoms with Crippen molar-refractivity contribution in [1.29, 1.82) is 0 Å². The van der Waals surface area contributed by atoms with Crippen LogP contribution in [0.3, 0.4) is 0 Å². The zero-order valence-electron chi connectivity index (χ0n) is 11.2. The predicted molar refractivity (Wildman–Crippen MR) is 81.4 cm³/mol. The molecule has 0 spiro atoms. The molecule has 0 amide bonds. The molecule has 2 aromatic rings. The first kappa shape index (κ1) is 14.0. The van der Waals surface area contributed by atoms with E-state index in [1.165, 1.54) is 22.0 Å². The van der Waals surface area contributed by atoms with Crippen LogP contribution in [0.2, 0.25) is 0 Å². The highest BCUT2D eigenvalue weighted by molar-refractivity contribution is 7.89. The maximum absolute atomic E-state index is 12.5. The van der Waals surface area contributed by atoms with Crippen molar-refractivity contribution in [2.75, 3.05) is 11.9 Å². The minimum Gasteiger partial charge on any atom is -0.360 e. The van der Waals surface area contributed by atoms with Gasteiger partial charge >= 0.3 is 0 Å². The summed E-state index contributed by atoms with van der Waals surface area (Å²) in [5.41, 5.74) is 0.458. The molecule has 0 aliphatic carbocycles. The molecule has 1 aliphatic heterocycles. The van der Waals surface area contributed by atoms with Gasteiger partial charge in [-0.2, -0.15) is 0 Å². The van der Waals surface area contributed by atoms with Crippen molar-refractivity contribution < 1.29 is 8.42 Å². The Morgan fingerprint density at radius 2 is 2.10 bits per heavy atom. The Balaban J connectivity index is 1.87. The van der Waals surface area contributed by atoms with E-state index in [1.807, 2.05) is 6.92 Å². The molecule has 21 heavy (non-hydrogen) atoms. The van der Waals surface area contributed by atoms with Gasteiger partial charge in [-0.1, -0.05) is 23.5 Å². The van der Waals surface area contributed by atoms with Crippen LogP contribution in [0.5, 0.6) is 0 Å². The number of sulfonamides is 1. The topological polar surface area (TPSA) is 87.6 Å². The van der Waals surface area contributed by atoms with Gasteiger partial charge in [0, 0.05) is 6.54 Å².